The molecule has 8 nitrogen and oxygen atoms in total. The Hall–Kier alpha value is -4.20. The van der Waals surface area contributed by atoms with Gasteiger partial charge in [-0.15, -0.1) is 0 Å². The molecular formula is C21H17N3O5. The Morgan fingerprint density at radius 2 is 1.72 bits per heavy atom. The summed E-state index contributed by atoms with van der Waals surface area (Å²) in [5.41, 5.74) is 4.33. The minimum Gasteiger partial charge on any atom is -0.497 e. The van der Waals surface area contributed by atoms with E-state index in [9.17, 15) is 14.9 Å². The number of carbonyl (C=O) groups is 1. The number of nitro groups is 1. The van der Waals surface area contributed by atoms with Crippen LogP contribution in [0.1, 0.15) is 15.9 Å². The molecule has 3 aromatic rings. The first kappa shape index (κ1) is 19.6. The molecule has 1 N–H and O–H groups in total. The van der Waals surface area contributed by atoms with Crippen LogP contribution in [0.3, 0.4) is 0 Å². The third kappa shape index (κ3) is 5.16. The lowest BCUT2D eigenvalue weighted by Gasteiger charge is -2.08. The van der Waals surface area contributed by atoms with Gasteiger partial charge in [-0.05, 0) is 48.5 Å². The van der Waals surface area contributed by atoms with Gasteiger partial charge in [-0.1, -0.05) is 12.1 Å². The van der Waals surface area contributed by atoms with Crippen LogP contribution in [0.2, 0.25) is 0 Å². The highest BCUT2D eigenvalue weighted by atomic mass is 16.6. The number of hydrazone groups is 1. The Labute approximate surface area is 166 Å². The molecule has 0 atom stereocenters. The third-order valence-electron chi connectivity index (χ3n) is 3.92. The van der Waals surface area contributed by atoms with Crippen LogP contribution in [-0.2, 0) is 0 Å². The predicted molar refractivity (Wildman–Crippen MR) is 109 cm³/mol. The molecule has 0 unspecified atom stereocenters. The number of hydrogen-bond acceptors (Lipinski definition) is 7. The topological polar surface area (TPSA) is 103 Å². The smallest absolute Gasteiger partial charge is 0.343 e. The molecule has 0 aromatic heterocycles. The standard InChI is InChI=1S/C21H17N3O5/c1-28-19-12-6-15(7-13-19)21(25)29-20-5-3-2-4-16(20)14-22-23-17-8-10-18(11-9-17)24(26)27/h2-14,23H,1H3/b22-14+. The Morgan fingerprint density at radius 1 is 1.03 bits per heavy atom. The molecule has 0 bridgehead atoms. The first-order chi connectivity index (χ1) is 14.1. The zero-order valence-corrected chi connectivity index (χ0v) is 15.4. The number of benzene rings is 3. The van der Waals surface area contributed by atoms with Gasteiger partial charge in [0, 0.05) is 17.7 Å². The maximum Gasteiger partial charge on any atom is 0.343 e. The van der Waals surface area contributed by atoms with E-state index in [0.29, 0.717) is 28.3 Å². The van der Waals surface area contributed by atoms with Crippen LogP contribution in [-0.4, -0.2) is 24.2 Å². The lowest BCUT2D eigenvalue weighted by atomic mass is 10.2. The van der Waals surface area contributed by atoms with E-state index < -0.39 is 10.9 Å². The van der Waals surface area contributed by atoms with Crippen LogP contribution in [0.4, 0.5) is 11.4 Å². The predicted octanol–water partition coefficient (Wildman–Crippen LogP) is 4.27. The number of ether oxygens (including phenoxy) is 2. The fourth-order valence-electron chi connectivity index (χ4n) is 2.40. The summed E-state index contributed by atoms with van der Waals surface area (Å²) in [5.74, 6) is 0.491. The number of non-ortho nitro benzene ring substituents is 1. The van der Waals surface area contributed by atoms with Gasteiger partial charge < -0.3 is 9.47 Å². The number of nitrogens with zero attached hydrogens (tertiary/aromatic N) is 2. The van der Waals surface area contributed by atoms with E-state index in [1.54, 1.807) is 67.8 Å². The quantitative estimate of drug-likeness (QED) is 0.212. The molecule has 0 amide bonds. The molecule has 29 heavy (non-hydrogen) atoms. The van der Waals surface area contributed by atoms with Gasteiger partial charge in [0.25, 0.3) is 5.69 Å². The molecule has 0 aliphatic heterocycles. The second kappa shape index (κ2) is 9.14. The normalized spacial score (nSPS) is 10.5. The largest absolute Gasteiger partial charge is 0.497 e. The van der Waals surface area contributed by atoms with E-state index in [1.807, 2.05) is 0 Å². The van der Waals surface area contributed by atoms with Gasteiger partial charge in [-0.3, -0.25) is 15.5 Å². The summed E-state index contributed by atoms with van der Waals surface area (Å²) in [6, 6.07) is 19.4. The number of hydrogen-bond donors (Lipinski definition) is 1. The molecular weight excluding hydrogens is 374 g/mol. The third-order valence-corrected chi connectivity index (χ3v) is 3.92. The zero-order valence-electron chi connectivity index (χ0n) is 15.4. The highest BCUT2D eigenvalue weighted by Gasteiger charge is 2.11. The van der Waals surface area contributed by atoms with Crippen molar-refractivity contribution in [2.45, 2.75) is 0 Å². The molecule has 0 saturated heterocycles. The molecule has 8 heteroatoms. The van der Waals surface area contributed by atoms with Crippen LogP contribution >= 0.6 is 0 Å². The van der Waals surface area contributed by atoms with Gasteiger partial charge in [0.15, 0.2) is 0 Å². The number of rotatable bonds is 7. The van der Waals surface area contributed by atoms with Crippen LogP contribution < -0.4 is 14.9 Å². The molecule has 0 radical (unpaired) electrons. The average Bonchev–Trinajstić information content (AvgIpc) is 2.75. The summed E-state index contributed by atoms with van der Waals surface area (Å²) in [4.78, 5) is 22.6. The van der Waals surface area contributed by atoms with Gasteiger partial charge in [0.2, 0.25) is 0 Å². The zero-order chi connectivity index (χ0) is 20.6. The molecule has 0 saturated carbocycles. The van der Waals surface area contributed by atoms with Crippen molar-refractivity contribution in [3.63, 3.8) is 0 Å². The van der Waals surface area contributed by atoms with E-state index in [1.165, 1.54) is 18.3 Å². The number of nitrogens with one attached hydrogen (secondary N) is 1. The van der Waals surface area contributed by atoms with E-state index in [4.69, 9.17) is 9.47 Å². The molecule has 0 aliphatic rings. The summed E-state index contributed by atoms with van der Waals surface area (Å²) in [6.45, 7) is 0. The van der Waals surface area contributed by atoms with Crippen LogP contribution in [0.5, 0.6) is 11.5 Å². The van der Waals surface area contributed by atoms with Crippen molar-refractivity contribution in [3.8, 4) is 11.5 Å². The summed E-state index contributed by atoms with van der Waals surface area (Å²) < 4.78 is 10.6. The number of carbonyl (C=O) groups excluding carboxylic acids is 1. The summed E-state index contributed by atoms with van der Waals surface area (Å²) in [5, 5.41) is 14.8. The first-order valence-corrected chi connectivity index (χ1v) is 8.55. The number of nitro benzene ring substituents is 1. The van der Waals surface area contributed by atoms with Crippen LogP contribution in [0.25, 0.3) is 0 Å². The fraction of sp³-hybridized carbons (Fsp3) is 0.0476. The molecule has 0 fully saturated rings. The Bertz CT molecular complexity index is 1030. The minimum atomic E-state index is -0.503. The summed E-state index contributed by atoms with van der Waals surface area (Å²) in [7, 11) is 1.55. The maximum atomic E-state index is 12.4. The number of anilines is 1. The number of esters is 1. The number of para-hydroxylation sites is 1. The van der Waals surface area contributed by atoms with Crippen LogP contribution in [0.15, 0.2) is 77.9 Å². The van der Waals surface area contributed by atoms with Crippen molar-refractivity contribution in [2.24, 2.45) is 5.10 Å². The van der Waals surface area contributed by atoms with E-state index >= 15 is 0 Å². The van der Waals surface area contributed by atoms with Crippen molar-refractivity contribution in [3.05, 3.63) is 94.0 Å². The van der Waals surface area contributed by atoms with E-state index in [-0.39, 0.29) is 5.69 Å². The van der Waals surface area contributed by atoms with E-state index in [2.05, 4.69) is 10.5 Å². The van der Waals surface area contributed by atoms with Gasteiger partial charge >= 0.3 is 5.97 Å². The minimum absolute atomic E-state index is 0.00433. The number of methoxy groups -OCH3 is 1. The average molecular weight is 391 g/mol. The fourth-order valence-corrected chi connectivity index (χ4v) is 2.40. The first-order valence-electron chi connectivity index (χ1n) is 8.55. The van der Waals surface area contributed by atoms with Crippen molar-refractivity contribution in [1.29, 1.82) is 0 Å². The van der Waals surface area contributed by atoms with Gasteiger partial charge in [-0.2, -0.15) is 5.10 Å². The highest BCUT2D eigenvalue weighted by Crippen LogP contribution is 2.20. The second-order valence-corrected chi connectivity index (χ2v) is 5.83. The molecule has 0 aliphatic carbocycles. The summed E-state index contributed by atoms with van der Waals surface area (Å²) >= 11 is 0. The monoisotopic (exact) mass is 391 g/mol. The van der Waals surface area contributed by atoms with Gasteiger partial charge in [0.05, 0.1) is 29.5 Å². The molecule has 0 heterocycles. The van der Waals surface area contributed by atoms with Gasteiger partial charge in [0.1, 0.15) is 11.5 Å². The lowest BCUT2D eigenvalue weighted by molar-refractivity contribution is -0.384. The second-order valence-electron chi connectivity index (χ2n) is 5.83. The molecule has 3 rings (SSSR count). The SMILES string of the molecule is COc1ccc(C(=O)Oc2ccccc2/C=N/Nc2ccc([N+](=O)[O-])cc2)cc1. The molecule has 146 valence electrons. The molecule has 0 spiro atoms. The molecule has 3 aromatic carbocycles. The van der Waals surface area contributed by atoms with Crippen molar-refractivity contribution >= 4 is 23.6 Å². The van der Waals surface area contributed by atoms with Crippen molar-refractivity contribution in [1.82, 2.24) is 0 Å². The maximum absolute atomic E-state index is 12.4. The van der Waals surface area contributed by atoms with E-state index in [0.717, 1.165) is 0 Å². The highest BCUT2D eigenvalue weighted by molar-refractivity contribution is 5.93. The summed E-state index contributed by atoms with van der Waals surface area (Å²) in [6.07, 6.45) is 1.50. The van der Waals surface area contributed by atoms with Crippen LogP contribution in [0, 0.1) is 10.1 Å². The Balaban J connectivity index is 1.68. The van der Waals surface area contributed by atoms with Gasteiger partial charge in [-0.25, -0.2) is 4.79 Å². The Morgan fingerprint density at radius 3 is 2.38 bits per heavy atom. The van der Waals surface area contributed by atoms with Crippen molar-refractivity contribution < 1.29 is 19.2 Å². The lowest BCUT2D eigenvalue weighted by Crippen LogP contribution is -2.09. The van der Waals surface area contributed by atoms with Crippen molar-refractivity contribution in [2.75, 3.05) is 12.5 Å². The Kier molecular flexibility index (Phi) is 6.16.